The van der Waals surface area contributed by atoms with Crippen LogP contribution >= 0.6 is 0 Å². The molecule has 0 aromatic carbocycles. The molecule has 0 radical (unpaired) electrons. The highest BCUT2D eigenvalue weighted by molar-refractivity contribution is 6.24. The number of allylic oxidation sites excluding steroid dienone is 4. The molecule has 0 spiro atoms. The summed E-state index contributed by atoms with van der Waals surface area (Å²) in [4.78, 5) is 28.8. The number of aromatic nitrogens is 1. The monoisotopic (exact) mass is 369 g/mol. The number of ketones is 2. The van der Waals surface area contributed by atoms with Crippen molar-refractivity contribution in [1.82, 2.24) is 4.98 Å². The zero-order chi connectivity index (χ0) is 19.8. The van der Waals surface area contributed by atoms with Gasteiger partial charge in [-0.1, -0.05) is 25.7 Å². The van der Waals surface area contributed by atoms with E-state index >= 15 is 0 Å². The van der Waals surface area contributed by atoms with Crippen molar-refractivity contribution in [3.8, 4) is 5.75 Å². The number of ether oxygens (including phenoxy) is 1. The normalized spacial score (nSPS) is 15.0. The molecule has 2 rings (SSSR count). The Morgan fingerprint density at radius 3 is 2.15 bits per heavy atom. The highest BCUT2D eigenvalue weighted by Crippen LogP contribution is 2.27. The quantitative estimate of drug-likeness (QED) is 0.414. The van der Waals surface area contributed by atoms with Crippen molar-refractivity contribution in [3.05, 3.63) is 46.3 Å². The summed E-state index contributed by atoms with van der Waals surface area (Å²) in [6, 6.07) is 3.84. The number of Topliss-reactive ketones (excluding diaryl/α,β-unsaturated/α-hetero) is 2. The number of pyridine rings is 1. The molecule has 4 heteroatoms. The summed E-state index contributed by atoms with van der Waals surface area (Å²) in [6.45, 7) is 7.97. The molecule has 0 bridgehead atoms. The number of aryl methyl sites for hydroxylation is 1. The molecule has 0 saturated carbocycles. The van der Waals surface area contributed by atoms with E-state index in [0.29, 0.717) is 23.1 Å². The molecule has 0 N–H and O–H groups in total. The van der Waals surface area contributed by atoms with Gasteiger partial charge < -0.3 is 4.74 Å². The minimum Gasteiger partial charge on any atom is -0.492 e. The minimum absolute atomic E-state index is 0.0333. The van der Waals surface area contributed by atoms with Crippen molar-refractivity contribution < 1.29 is 14.3 Å². The van der Waals surface area contributed by atoms with E-state index in [9.17, 15) is 9.59 Å². The fourth-order valence-corrected chi connectivity index (χ4v) is 3.37. The summed E-state index contributed by atoms with van der Waals surface area (Å²) in [5, 5.41) is 0. The Kier molecular flexibility index (Phi) is 7.96. The van der Waals surface area contributed by atoms with Gasteiger partial charge in [0.05, 0.1) is 12.3 Å². The maximum absolute atomic E-state index is 12.4. The molecule has 1 aliphatic carbocycles. The Bertz CT molecular complexity index is 759. The standard InChI is InChI=1S/C23H31NO3/c1-16-17(2)23(26)20(18(3)22(16)25)12-9-7-5-6-8-10-15-27-21-13-11-14-24-19(21)4/h11,13-14H,5-10,12,15H2,1-4H3. The van der Waals surface area contributed by atoms with Gasteiger partial charge in [0, 0.05) is 28.5 Å². The van der Waals surface area contributed by atoms with Gasteiger partial charge in [0.1, 0.15) is 5.75 Å². The van der Waals surface area contributed by atoms with Gasteiger partial charge >= 0.3 is 0 Å². The number of unbranched alkanes of at least 4 members (excludes halogenated alkanes) is 5. The molecular formula is C23H31NO3. The Morgan fingerprint density at radius 1 is 0.815 bits per heavy atom. The largest absolute Gasteiger partial charge is 0.492 e. The van der Waals surface area contributed by atoms with Crippen LogP contribution in [-0.4, -0.2) is 23.2 Å². The van der Waals surface area contributed by atoms with Crippen molar-refractivity contribution in [2.75, 3.05) is 6.61 Å². The van der Waals surface area contributed by atoms with E-state index in [1.54, 1.807) is 27.0 Å². The van der Waals surface area contributed by atoms with Crippen molar-refractivity contribution in [2.45, 2.75) is 72.6 Å². The van der Waals surface area contributed by atoms with Crippen LogP contribution < -0.4 is 4.74 Å². The molecule has 1 aromatic rings. The van der Waals surface area contributed by atoms with E-state index in [4.69, 9.17) is 4.74 Å². The summed E-state index contributed by atoms with van der Waals surface area (Å²) in [7, 11) is 0. The van der Waals surface area contributed by atoms with Gasteiger partial charge in [-0.15, -0.1) is 0 Å². The molecular weight excluding hydrogens is 338 g/mol. The first-order valence-electron chi connectivity index (χ1n) is 9.94. The van der Waals surface area contributed by atoms with Crippen LogP contribution in [0.4, 0.5) is 0 Å². The van der Waals surface area contributed by atoms with Gasteiger partial charge in [0.15, 0.2) is 11.6 Å². The van der Waals surface area contributed by atoms with Crippen LogP contribution in [0.1, 0.15) is 71.4 Å². The number of hydrogen-bond donors (Lipinski definition) is 0. The molecule has 0 fully saturated rings. The maximum atomic E-state index is 12.4. The molecule has 27 heavy (non-hydrogen) atoms. The molecule has 0 amide bonds. The average Bonchev–Trinajstić information content (AvgIpc) is 2.67. The van der Waals surface area contributed by atoms with E-state index < -0.39 is 0 Å². The Hall–Kier alpha value is -2.23. The average molecular weight is 370 g/mol. The second-order valence-corrected chi connectivity index (χ2v) is 7.32. The number of carbonyl (C=O) groups is 2. The summed E-state index contributed by atoms with van der Waals surface area (Å²) in [5.74, 6) is 0.964. The third kappa shape index (κ3) is 5.62. The number of hydrogen-bond acceptors (Lipinski definition) is 4. The summed E-state index contributed by atoms with van der Waals surface area (Å²) < 4.78 is 5.75. The molecule has 1 aromatic heterocycles. The number of nitrogens with zero attached hydrogens (tertiary/aromatic N) is 1. The van der Waals surface area contributed by atoms with Crippen molar-refractivity contribution in [3.63, 3.8) is 0 Å². The van der Waals surface area contributed by atoms with E-state index in [1.807, 2.05) is 19.1 Å². The Morgan fingerprint density at radius 2 is 1.44 bits per heavy atom. The lowest BCUT2D eigenvalue weighted by molar-refractivity contribution is -0.116. The maximum Gasteiger partial charge on any atom is 0.185 e. The molecule has 1 heterocycles. The predicted octanol–water partition coefficient (Wildman–Crippen LogP) is 5.30. The first-order valence-corrected chi connectivity index (χ1v) is 9.94. The third-order valence-electron chi connectivity index (χ3n) is 5.35. The lowest BCUT2D eigenvalue weighted by atomic mass is 9.84. The molecule has 1 aliphatic rings. The summed E-state index contributed by atoms with van der Waals surface area (Å²) in [6.07, 6.45) is 9.02. The van der Waals surface area contributed by atoms with Crippen molar-refractivity contribution in [1.29, 1.82) is 0 Å². The van der Waals surface area contributed by atoms with Gasteiger partial charge in [0.2, 0.25) is 0 Å². The highest BCUT2D eigenvalue weighted by Gasteiger charge is 2.26. The first kappa shape index (κ1) is 21.1. The van der Waals surface area contributed by atoms with E-state index in [1.165, 1.54) is 6.42 Å². The zero-order valence-electron chi connectivity index (χ0n) is 17.1. The van der Waals surface area contributed by atoms with Crippen LogP contribution in [0.3, 0.4) is 0 Å². The molecule has 0 saturated heterocycles. The van der Waals surface area contributed by atoms with E-state index in [2.05, 4.69) is 4.98 Å². The first-order chi connectivity index (χ1) is 12.9. The van der Waals surface area contributed by atoms with Crippen LogP contribution in [-0.2, 0) is 9.59 Å². The Labute approximate surface area is 162 Å². The van der Waals surface area contributed by atoms with Crippen LogP contribution in [0.5, 0.6) is 5.75 Å². The van der Waals surface area contributed by atoms with Gasteiger partial charge in [-0.2, -0.15) is 0 Å². The van der Waals surface area contributed by atoms with Crippen LogP contribution in [0.15, 0.2) is 40.6 Å². The molecule has 0 atom stereocenters. The van der Waals surface area contributed by atoms with Gasteiger partial charge in [-0.05, 0) is 59.1 Å². The minimum atomic E-state index is 0.0333. The SMILES string of the molecule is CC1=C(C)C(=O)C(CCCCCCCCOc2cccnc2C)=C(C)C1=O. The Balaban J connectivity index is 1.59. The van der Waals surface area contributed by atoms with Crippen LogP contribution in [0.2, 0.25) is 0 Å². The summed E-state index contributed by atoms with van der Waals surface area (Å²) >= 11 is 0. The number of carbonyl (C=O) groups excluding carboxylic acids is 2. The molecule has 4 nitrogen and oxygen atoms in total. The lowest BCUT2D eigenvalue weighted by Crippen LogP contribution is -2.20. The van der Waals surface area contributed by atoms with Gasteiger partial charge in [-0.25, -0.2) is 0 Å². The smallest absolute Gasteiger partial charge is 0.185 e. The van der Waals surface area contributed by atoms with Gasteiger partial charge in [-0.3, -0.25) is 14.6 Å². The van der Waals surface area contributed by atoms with Crippen LogP contribution in [0.25, 0.3) is 0 Å². The van der Waals surface area contributed by atoms with Gasteiger partial charge in [0.25, 0.3) is 0 Å². The molecule has 0 aliphatic heterocycles. The van der Waals surface area contributed by atoms with Crippen LogP contribution in [0, 0.1) is 6.92 Å². The molecule has 146 valence electrons. The third-order valence-corrected chi connectivity index (χ3v) is 5.35. The fraction of sp³-hybridized carbons (Fsp3) is 0.522. The summed E-state index contributed by atoms with van der Waals surface area (Å²) in [5.41, 5.74) is 3.52. The van der Waals surface area contributed by atoms with Crippen molar-refractivity contribution in [2.24, 2.45) is 0 Å². The fourth-order valence-electron chi connectivity index (χ4n) is 3.37. The zero-order valence-corrected chi connectivity index (χ0v) is 17.1. The topological polar surface area (TPSA) is 56.3 Å². The second-order valence-electron chi connectivity index (χ2n) is 7.32. The van der Waals surface area contributed by atoms with E-state index in [-0.39, 0.29) is 11.6 Å². The number of rotatable bonds is 10. The lowest BCUT2D eigenvalue weighted by Gasteiger charge is -2.18. The second kappa shape index (κ2) is 10.2. The van der Waals surface area contributed by atoms with E-state index in [0.717, 1.165) is 55.7 Å². The van der Waals surface area contributed by atoms with Crippen molar-refractivity contribution >= 4 is 11.6 Å². The molecule has 0 unspecified atom stereocenters. The predicted molar refractivity (Wildman–Crippen MR) is 108 cm³/mol. The highest BCUT2D eigenvalue weighted by atomic mass is 16.5.